The topological polar surface area (TPSA) is 51.2 Å². The number of alkyl carbamates (subject to hydrolysis) is 1. The molecule has 1 aromatic heterocycles. The van der Waals surface area contributed by atoms with Gasteiger partial charge in [0.05, 0.1) is 0 Å². The predicted octanol–water partition coefficient (Wildman–Crippen LogP) is 5.40. The van der Waals surface area contributed by atoms with Gasteiger partial charge in [-0.05, 0) is 49.8 Å². The van der Waals surface area contributed by atoms with E-state index in [-0.39, 0.29) is 5.92 Å². The monoisotopic (exact) mass is 434 g/mol. The van der Waals surface area contributed by atoms with E-state index in [0.29, 0.717) is 13.2 Å². The van der Waals surface area contributed by atoms with Crippen LogP contribution >= 0.6 is 15.9 Å². The van der Waals surface area contributed by atoms with Crippen molar-refractivity contribution in [1.82, 2.24) is 10.3 Å². The molecule has 0 atom stereocenters. The lowest BCUT2D eigenvalue weighted by atomic mass is 9.98. The second-order valence-corrected chi connectivity index (χ2v) is 7.34. The van der Waals surface area contributed by atoms with Crippen LogP contribution in [0.15, 0.2) is 77.5 Å². The first-order chi connectivity index (χ1) is 13.7. The van der Waals surface area contributed by atoms with Crippen molar-refractivity contribution in [1.29, 1.82) is 0 Å². The van der Waals surface area contributed by atoms with Crippen LogP contribution < -0.4 is 5.32 Å². The van der Waals surface area contributed by atoms with Gasteiger partial charge in [0.25, 0.3) is 0 Å². The maximum Gasteiger partial charge on any atom is 0.407 e. The van der Waals surface area contributed by atoms with Crippen molar-refractivity contribution in [2.24, 2.45) is 0 Å². The number of halogens is 1. The molecular weight excluding hydrogens is 416 g/mol. The van der Waals surface area contributed by atoms with E-state index in [9.17, 15) is 4.79 Å². The summed E-state index contributed by atoms with van der Waals surface area (Å²) in [5.74, 6) is 0.0718. The highest BCUT2D eigenvalue weighted by Gasteiger charge is 2.28. The number of hydrogen-bond acceptors (Lipinski definition) is 3. The van der Waals surface area contributed by atoms with Crippen molar-refractivity contribution in [3.05, 3.63) is 94.2 Å². The molecule has 0 saturated carbocycles. The number of hydrogen-bond donors (Lipinski definition) is 1. The zero-order valence-electron chi connectivity index (χ0n) is 15.1. The molecule has 0 fully saturated rings. The number of fused-ring (bicyclic) bond motifs is 3. The molecule has 0 bridgehead atoms. The zero-order valence-corrected chi connectivity index (χ0v) is 16.7. The Labute approximate surface area is 172 Å². The molecule has 0 unspecified atom stereocenters. The molecule has 0 aliphatic heterocycles. The van der Waals surface area contributed by atoms with Gasteiger partial charge in [-0.1, -0.05) is 66.7 Å². The third kappa shape index (κ3) is 3.99. The Morgan fingerprint density at radius 1 is 1.04 bits per heavy atom. The fourth-order valence-corrected chi connectivity index (χ4v) is 3.71. The van der Waals surface area contributed by atoms with E-state index in [1.165, 1.54) is 22.3 Å². The number of nitrogens with one attached hydrogen (secondary N) is 1. The number of amides is 1. The molecule has 0 saturated heterocycles. The molecule has 4 rings (SSSR count). The normalized spacial score (nSPS) is 12.6. The fourth-order valence-electron chi connectivity index (χ4n) is 3.47. The third-order valence-corrected chi connectivity index (χ3v) is 5.24. The minimum absolute atomic E-state index is 0.0718. The molecule has 0 spiro atoms. The molecule has 28 heavy (non-hydrogen) atoms. The zero-order chi connectivity index (χ0) is 19.3. The molecule has 1 amide bonds. The Kier molecular flexibility index (Phi) is 5.53. The highest BCUT2D eigenvalue weighted by atomic mass is 79.9. The maximum absolute atomic E-state index is 12.1. The minimum atomic E-state index is -0.416. The molecule has 1 aliphatic rings. The third-order valence-electron chi connectivity index (χ3n) is 4.77. The van der Waals surface area contributed by atoms with E-state index in [1.54, 1.807) is 6.20 Å². The van der Waals surface area contributed by atoms with Crippen LogP contribution in [-0.2, 0) is 4.74 Å². The van der Waals surface area contributed by atoms with E-state index >= 15 is 0 Å². The van der Waals surface area contributed by atoms with Gasteiger partial charge in [0.15, 0.2) is 0 Å². The van der Waals surface area contributed by atoms with Crippen molar-refractivity contribution >= 4 is 28.1 Å². The number of aromatic nitrogens is 1. The smallest absolute Gasteiger partial charge is 0.407 e. The van der Waals surface area contributed by atoms with Crippen LogP contribution in [0.4, 0.5) is 4.79 Å². The van der Waals surface area contributed by atoms with E-state index in [1.807, 2.05) is 48.6 Å². The Morgan fingerprint density at radius 3 is 2.36 bits per heavy atom. The summed E-state index contributed by atoms with van der Waals surface area (Å²) in [5.41, 5.74) is 5.83. The summed E-state index contributed by atoms with van der Waals surface area (Å²) < 4.78 is 6.30. The van der Waals surface area contributed by atoms with Gasteiger partial charge in [-0.2, -0.15) is 0 Å². The van der Waals surface area contributed by atoms with Gasteiger partial charge in [-0.25, -0.2) is 9.78 Å². The van der Waals surface area contributed by atoms with Crippen molar-refractivity contribution in [3.63, 3.8) is 0 Å². The van der Waals surface area contributed by atoms with E-state index in [0.717, 1.165) is 10.2 Å². The number of benzene rings is 2. The second-order valence-electron chi connectivity index (χ2n) is 6.52. The van der Waals surface area contributed by atoms with Crippen LogP contribution in [-0.4, -0.2) is 24.2 Å². The van der Waals surface area contributed by atoms with Crippen LogP contribution in [0.25, 0.3) is 17.2 Å². The quantitative estimate of drug-likeness (QED) is 0.547. The van der Waals surface area contributed by atoms with Crippen molar-refractivity contribution < 1.29 is 9.53 Å². The van der Waals surface area contributed by atoms with Crippen LogP contribution in [0, 0.1) is 0 Å². The van der Waals surface area contributed by atoms with Gasteiger partial charge in [0, 0.05) is 18.7 Å². The minimum Gasteiger partial charge on any atom is -0.449 e. The van der Waals surface area contributed by atoms with Crippen molar-refractivity contribution in [3.8, 4) is 11.1 Å². The summed E-state index contributed by atoms with van der Waals surface area (Å²) in [6.07, 6.45) is 5.11. The highest BCUT2D eigenvalue weighted by molar-refractivity contribution is 9.10. The molecule has 0 radical (unpaired) electrons. The number of rotatable bonds is 5. The second kappa shape index (κ2) is 8.40. The summed E-state index contributed by atoms with van der Waals surface area (Å²) in [7, 11) is 0. The number of nitrogens with zero attached hydrogens (tertiary/aromatic N) is 1. The average Bonchev–Trinajstić information content (AvgIpc) is 3.05. The largest absolute Gasteiger partial charge is 0.449 e. The Morgan fingerprint density at radius 2 is 1.71 bits per heavy atom. The molecule has 140 valence electrons. The van der Waals surface area contributed by atoms with Gasteiger partial charge in [-0.15, -0.1) is 0 Å². The summed E-state index contributed by atoms with van der Waals surface area (Å²) >= 11 is 3.30. The Balaban J connectivity index is 1.33. The summed E-state index contributed by atoms with van der Waals surface area (Å²) in [6, 6.07) is 20.4. The molecule has 2 aromatic carbocycles. The highest BCUT2D eigenvalue weighted by Crippen LogP contribution is 2.44. The molecule has 1 aliphatic carbocycles. The van der Waals surface area contributed by atoms with Gasteiger partial charge >= 0.3 is 6.09 Å². The first-order valence-corrected chi connectivity index (χ1v) is 9.88. The predicted molar refractivity (Wildman–Crippen MR) is 114 cm³/mol. The molecule has 1 heterocycles. The molecule has 4 nitrogen and oxygen atoms in total. The summed E-state index contributed by atoms with van der Waals surface area (Å²) in [4.78, 5) is 16.3. The van der Waals surface area contributed by atoms with Crippen LogP contribution in [0.5, 0.6) is 0 Å². The molecule has 5 heteroatoms. The van der Waals surface area contributed by atoms with E-state index < -0.39 is 6.09 Å². The number of ether oxygens (including phenoxy) is 1. The van der Waals surface area contributed by atoms with Gasteiger partial charge in [0.2, 0.25) is 0 Å². The van der Waals surface area contributed by atoms with Crippen molar-refractivity contribution in [2.75, 3.05) is 13.2 Å². The summed E-state index contributed by atoms with van der Waals surface area (Å²) in [6.45, 7) is 0.715. The summed E-state index contributed by atoms with van der Waals surface area (Å²) in [5, 5.41) is 2.76. The lowest BCUT2D eigenvalue weighted by Gasteiger charge is -2.14. The first kappa shape index (κ1) is 18.4. The van der Waals surface area contributed by atoms with Crippen molar-refractivity contribution in [2.45, 2.75) is 5.92 Å². The maximum atomic E-state index is 12.1. The number of pyridine rings is 1. The van der Waals surface area contributed by atoms with Gasteiger partial charge < -0.3 is 10.1 Å². The van der Waals surface area contributed by atoms with Crippen LogP contribution in [0.3, 0.4) is 0 Å². The fraction of sp³-hybridized carbons (Fsp3) is 0.130. The van der Waals surface area contributed by atoms with Gasteiger partial charge in [0.1, 0.15) is 11.2 Å². The molecular formula is C23H19BrN2O2. The lowest BCUT2D eigenvalue weighted by Crippen LogP contribution is -2.26. The van der Waals surface area contributed by atoms with E-state index in [4.69, 9.17) is 4.74 Å². The lowest BCUT2D eigenvalue weighted by molar-refractivity contribution is 0.144. The average molecular weight is 435 g/mol. The van der Waals surface area contributed by atoms with Crippen LogP contribution in [0.1, 0.15) is 22.6 Å². The molecule has 1 N–H and O–H groups in total. The Hall–Kier alpha value is -2.92. The van der Waals surface area contributed by atoms with Crippen LogP contribution in [0.2, 0.25) is 0 Å². The van der Waals surface area contributed by atoms with E-state index in [2.05, 4.69) is 50.5 Å². The number of carbonyl (C=O) groups is 1. The number of carbonyl (C=O) groups excluding carboxylic acids is 1. The first-order valence-electron chi connectivity index (χ1n) is 9.09. The standard InChI is InChI=1S/C23H19BrN2O2/c24-22-12-11-16(14-26-22)6-5-13-25-23(27)28-15-21-19-9-3-1-7-17(19)18-8-2-4-10-20(18)21/h1-12,14,21H,13,15H2,(H,25,27). The molecule has 3 aromatic rings. The Bertz CT molecular complexity index is 970. The van der Waals surface area contributed by atoms with Gasteiger partial charge in [-0.3, -0.25) is 0 Å². The SMILES string of the molecule is O=C(NCC=Cc1ccc(Br)nc1)OCC1c2ccccc2-c2ccccc21.